The van der Waals surface area contributed by atoms with Crippen LogP contribution in [0.3, 0.4) is 0 Å². The van der Waals surface area contributed by atoms with Gasteiger partial charge in [-0.25, -0.2) is 4.79 Å². The first-order valence-corrected chi connectivity index (χ1v) is 14.1. The molecular weight excluding hydrogens is 548 g/mol. The Balaban J connectivity index is 1.35. The van der Waals surface area contributed by atoms with Crippen molar-refractivity contribution in [2.45, 2.75) is 25.8 Å². The molecule has 218 valence electrons. The summed E-state index contributed by atoms with van der Waals surface area (Å²) in [6.45, 7) is 3.02. The van der Waals surface area contributed by atoms with Crippen molar-refractivity contribution in [2.75, 3.05) is 30.8 Å². The fourth-order valence-corrected chi connectivity index (χ4v) is 5.55. The number of amides is 4. The highest BCUT2D eigenvalue weighted by atomic mass is 16.6. The molecule has 2 fully saturated rings. The lowest BCUT2D eigenvalue weighted by molar-refractivity contribution is -0.384. The molecule has 0 radical (unpaired) electrons. The molecule has 6 rings (SSSR count). The topological polar surface area (TPSA) is 137 Å². The van der Waals surface area contributed by atoms with Crippen molar-refractivity contribution >= 4 is 52.3 Å². The summed E-state index contributed by atoms with van der Waals surface area (Å²) in [5.74, 6) is -0.778. The van der Waals surface area contributed by atoms with Crippen LogP contribution in [0.1, 0.15) is 41.5 Å². The van der Waals surface area contributed by atoms with Crippen molar-refractivity contribution in [2.24, 2.45) is 0 Å². The Morgan fingerprint density at radius 2 is 1.67 bits per heavy atom. The van der Waals surface area contributed by atoms with Crippen LogP contribution in [0, 0.1) is 10.1 Å². The number of likely N-dealkylation sites (tertiary alicyclic amines) is 1. The number of hydrogen-bond acceptors (Lipinski definition) is 7. The molecule has 11 heteroatoms. The number of nitro groups is 1. The number of benzene rings is 3. The summed E-state index contributed by atoms with van der Waals surface area (Å²) >= 11 is 0. The highest BCUT2D eigenvalue weighted by molar-refractivity contribution is 6.37. The molecule has 2 saturated heterocycles. The van der Waals surface area contributed by atoms with Crippen LogP contribution >= 0.6 is 0 Å². The number of fused-ring (bicyclic) bond motifs is 1. The van der Waals surface area contributed by atoms with Crippen molar-refractivity contribution in [1.82, 2.24) is 15.1 Å². The average Bonchev–Trinajstić information content (AvgIpc) is 3.46. The predicted octanol–water partition coefficient (Wildman–Crippen LogP) is 5.04. The summed E-state index contributed by atoms with van der Waals surface area (Å²) in [4.78, 5) is 51.8. The highest BCUT2D eigenvalue weighted by Gasteiger charge is 2.31. The van der Waals surface area contributed by atoms with Gasteiger partial charge in [-0.2, -0.15) is 0 Å². The normalized spacial score (nSPS) is 18.9. The van der Waals surface area contributed by atoms with Crippen LogP contribution in [-0.4, -0.2) is 52.7 Å². The maximum absolute atomic E-state index is 13.3. The Bertz CT molecular complexity index is 1690. The summed E-state index contributed by atoms with van der Waals surface area (Å²) in [6.07, 6.45) is 5.27. The summed E-state index contributed by atoms with van der Waals surface area (Å²) in [5, 5.41) is 20.3. The zero-order valence-electron chi connectivity index (χ0n) is 23.6. The Kier molecular flexibility index (Phi) is 7.47. The van der Waals surface area contributed by atoms with E-state index in [-0.39, 0.29) is 17.3 Å². The monoisotopic (exact) mass is 578 g/mol. The second kappa shape index (κ2) is 11.5. The second-order valence-electron chi connectivity index (χ2n) is 10.8. The Morgan fingerprint density at radius 3 is 2.33 bits per heavy atom. The van der Waals surface area contributed by atoms with Crippen molar-refractivity contribution in [3.05, 3.63) is 105 Å². The molecule has 0 aromatic heterocycles. The van der Waals surface area contributed by atoms with Crippen LogP contribution in [-0.2, 0) is 16.1 Å². The minimum Gasteiger partial charge on any atom is -0.354 e. The van der Waals surface area contributed by atoms with Gasteiger partial charge in [0.1, 0.15) is 5.70 Å². The predicted molar refractivity (Wildman–Crippen MR) is 163 cm³/mol. The summed E-state index contributed by atoms with van der Waals surface area (Å²) in [5.41, 5.74) is 5.10. The summed E-state index contributed by atoms with van der Waals surface area (Å²) in [7, 11) is 1.41. The van der Waals surface area contributed by atoms with Crippen molar-refractivity contribution in [3.8, 4) is 0 Å². The van der Waals surface area contributed by atoms with E-state index in [9.17, 15) is 24.5 Å². The van der Waals surface area contributed by atoms with Gasteiger partial charge >= 0.3 is 6.03 Å². The van der Waals surface area contributed by atoms with Gasteiger partial charge in [-0.15, -0.1) is 0 Å². The molecule has 43 heavy (non-hydrogen) atoms. The number of urea groups is 1. The molecule has 0 bridgehead atoms. The fourth-order valence-electron chi connectivity index (χ4n) is 5.55. The SMILES string of the molecule is CN1C(=O)N/C(=C\c2ccc(N/C(=C3\C(=O)Nc4ccc([N+](=O)[O-])cc43)c3ccc(CN4CCCCC4)cc3)cc2)C1=O. The van der Waals surface area contributed by atoms with E-state index in [4.69, 9.17) is 0 Å². The first kappa shape index (κ1) is 27.9. The molecule has 3 aromatic rings. The number of non-ortho nitro benzene ring substituents is 1. The number of imide groups is 1. The molecule has 0 spiro atoms. The number of nitrogens with one attached hydrogen (secondary N) is 3. The standard InChI is InChI=1S/C32H30N6O5/c1-36-31(40)27(35-32(36)41)17-20-7-11-23(12-8-20)33-29(22-9-5-21(6-10-22)19-37-15-3-2-4-16-37)28-25-18-24(38(42)43)13-14-26(25)34-30(28)39/h5-14,17-18,33H,2-4,15-16,19H2,1H3,(H,34,39)(H,35,41)/b27-17-,29-28-. The van der Waals surface area contributed by atoms with Crippen molar-refractivity contribution in [3.63, 3.8) is 0 Å². The highest BCUT2D eigenvalue weighted by Crippen LogP contribution is 2.39. The van der Waals surface area contributed by atoms with Gasteiger partial charge in [-0.1, -0.05) is 42.8 Å². The van der Waals surface area contributed by atoms with Crippen LogP contribution < -0.4 is 16.0 Å². The van der Waals surface area contributed by atoms with E-state index in [1.165, 1.54) is 44.0 Å². The Morgan fingerprint density at radius 1 is 0.953 bits per heavy atom. The van der Waals surface area contributed by atoms with Gasteiger partial charge in [0, 0.05) is 42.7 Å². The molecule has 0 atom stereocenters. The fraction of sp³-hybridized carbons (Fsp3) is 0.219. The second-order valence-corrected chi connectivity index (χ2v) is 10.8. The smallest absolute Gasteiger partial charge is 0.328 e. The zero-order chi connectivity index (χ0) is 30.1. The molecule has 0 aliphatic carbocycles. The molecule has 3 aromatic carbocycles. The molecule has 3 aliphatic rings. The van der Waals surface area contributed by atoms with E-state index in [0.717, 1.165) is 30.1 Å². The number of nitro benzene ring substituents is 1. The molecule has 3 aliphatic heterocycles. The van der Waals surface area contributed by atoms with Gasteiger partial charge < -0.3 is 16.0 Å². The lowest BCUT2D eigenvalue weighted by Gasteiger charge is -2.26. The number of nitrogens with zero attached hydrogens (tertiary/aromatic N) is 3. The van der Waals surface area contributed by atoms with E-state index in [2.05, 4.69) is 20.9 Å². The first-order valence-electron chi connectivity index (χ1n) is 14.1. The van der Waals surface area contributed by atoms with Crippen LogP contribution in [0.5, 0.6) is 0 Å². The number of rotatable bonds is 7. The summed E-state index contributed by atoms with van der Waals surface area (Å²) < 4.78 is 0. The van der Waals surface area contributed by atoms with Crippen LogP contribution in [0.2, 0.25) is 0 Å². The number of carbonyl (C=O) groups is 3. The lowest BCUT2D eigenvalue weighted by atomic mass is 9.98. The third-order valence-electron chi connectivity index (χ3n) is 7.88. The molecule has 4 amide bonds. The van der Waals surface area contributed by atoms with E-state index >= 15 is 0 Å². The van der Waals surface area contributed by atoms with Crippen LogP contribution in [0.25, 0.3) is 17.3 Å². The molecule has 11 nitrogen and oxygen atoms in total. The number of anilines is 2. The van der Waals surface area contributed by atoms with E-state index in [1.54, 1.807) is 36.4 Å². The number of hydrogen-bond donors (Lipinski definition) is 3. The molecule has 0 unspecified atom stereocenters. The zero-order valence-corrected chi connectivity index (χ0v) is 23.6. The van der Waals surface area contributed by atoms with E-state index in [1.807, 2.05) is 24.3 Å². The van der Waals surface area contributed by atoms with E-state index in [0.29, 0.717) is 33.8 Å². The number of carbonyl (C=O) groups excluding carboxylic acids is 3. The Labute approximate surface area is 248 Å². The van der Waals surface area contributed by atoms with Crippen molar-refractivity contribution in [1.29, 1.82) is 0 Å². The van der Waals surface area contributed by atoms with Crippen molar-refractivity contribution < 1.29 is 19.3 Å². The average molecular weight is 579 g/mol. The van der Waals surface area contributed by atoms with Crippen LogP contribution in [0.4, 0.5) is 21.9 Å². The van der Waals surface area contributed by atoms with Gasteiger partial charge in [0.25, 0.3) is 17.5 Å². The van der Waals surface area contributed by atoms with Gasteiger partial charge in [-0.05, 0) is 66.9 Å². The third kappa shape index (κ3) is 5.75. The Hall–Kier alpha value is -5.29. The quantitative estimate of drug-likeness (QED) is 0.155. The maximum atomic E-state index is 13.3. The minimum absolute atomic E-state index is 0.111. The largest absolute Gasteiger partial charge is 0.354 e. The minimum atomic E-state index is -0.483. The van der Waals surface area contributed by atoms with E-state index < -0.39 is 16.9 Å². The number of likely N-dealkylation sites (N-methyl/N-ethyl adjacent to an activating group) is 1. The third-order valence-corrected chi connectivity index (χ3v) is 7.88. The molecular formula is C32H30N6O5. The van der Waals surface area contributed by atoms with Crippen LogP contribution in [0.15, 0.2) is 72.4 Å². The molecule has 0 saturated carbocycles. The lowest BCUT2D eigenvalue weighted by Crippen LogP contribution is -2.29. The molecule has 3 N–H and O–H groups in total. The molecule has 3 heterocycles. The maximum Gasteiger partial charge on any atom is 0.328 e. The van der Waals surface area contributed by atoms with Gasteiger partial charge in [0.15, 0.2) is 0 Å². The number of piperidine rings is 1. The van der Waals surface area contributed by atoms with Gasteiger partial charge in [0.05, 0.1) is 16.2 Å². The van der Waals surface area contributed by atoms with Gasteiger partial charge in [-0.3, -0.25) is 29.5 Å². The van der Waals surface area contributed by atoms with Gasteiger partial charge in [0.2, 0.25) is 0 Å². The first-order chi connectivity index (χ1) is 20.8. The summed E-state index contributed by atoms with van der Waals surface area (Å²) in [6, 6.07) is 19.0.